The topological polar surface area (TPSA) is 29.9 Å². The predicted octanol–water partition coefficient (Wildman–Crippen LogP) is 4.26. The number of nitrogens with one attached hydrogen (secondary N) is 1. The molecular formula is C17H27Cl2N3. The molecule has 0 spiro atoms. The van der Waals surface area contributed by atoms with Crippen LogP contribution in [0.1, 0.15) is 37.2 Å². The molecule has 22 heavy (non-hydrogen) atoms. The molecule has 2 rings (SSSR count). The van der Waals surface area contributed by atoms with E-state index in [1.807, 2.05) is 19.3 Å². The van der Waals surface area contributed by atoms with Crippen molar-refractivity contribution in [2.24, 2.45) is 0 Å². The third-order valence-corrected chi connectivity index (χ3v) is 3.84. The number of nitrogens with zero attached hydrogens (tertiary/aromatic N) is 2. The molecule has 2 aromatic rings. The van der Waals surface area contributed by atoms with Crippen molar-refractivity contribution >= 4 is 24.8 Å². The monoisotopic (exact) mass is 343 g/mol. The Morgan fingerprint density at radius 1 is 1.09 bits per heavy atom. The van der Waals surface area contributed by atoms with E-state index in [0.29, 0.717) is 0 Å². The van der Waals surface area contributed by atoms with Crippen molar-refractivity contribution in [2.45, 2.75) is 46.2 Å². The Balaban J connectivity index is 0.00000220. The summed E-state index contributed by atoms with van der Waals surface area (Å²) in [5.41, 5.74) is 2.65. The van der Waals surface area contributed by atoms with Crippen molar-refractivity contribution in [1.29, 1.82) is 0 Å². The molecular weight excluding hydrogens is 317 g/mol. The van der Waals surface area contributed by atoms with E-state index in [1.54, 1.807) is 0 Å². The van der Waals surface area contributed by atoms with Gasteiger partial charge in [0.25, 0.3) is 0 Å². The largest absolute Gasteiger partial charge is 0.335 e. The molecule has 0 saturated carbocycles. The lowest BCUT2D eigenvalue weighted by Gasteiger charge is -2.27. The zero-order chi connectivity index (χ0) is 14.6. The molecule has 0 amide bonds. The van der Waals surface area contributed by atoms with Crippen LogP contribution >= 0.6 is 24.8 Å². The van der Waals surface area contributed by atoms with Crippen LogP contribution in [0.15, 0.2) is 36.7 Å². The van der Waals surface area contributed by atoms with Crippen molar-refractivity contribution in [3.8, 4) is 0 Å². The summed E-state index contributed by atoms with van der Waals surface area (Å²) in [6, 6.07) is 8.77. The van der Waals surface area contributed by atoms with Crippen LogP contribution in [0.4, 0.5) is 0 Å². The summed E-state index contributed by atoms with van der Waals surface area (Å²) < 4.78 is 2.19. The van der Waals surface area contributed by atoms with Gasteiger partial charge in [-0.25, -0.2) is 4.98 Å². The Labute approximate surface area is 146 Å². The smallest absolute Gasteiger partial charge is 0.105 e. The van der Waals surface area contributed by atoms with Gasteiger partial charge in [-0.05, 0) is 46.2 Å². The molecule has 124 valence electrons. The van der Waals surface area contributed by atoms with Crippen molar-refractivity contribution in [3.05, 3.63) is 53.6 Å². The zero-order valence-corrected chi connectivity index (χ0v) is 15.4. The standard InChI is InChI=1S/C17H25N3.2ClH/c1-14-6-8-16(9-7-14)17(3,4)19-10-5-12-20-13-11-18-15(20)2;;/h6-9,11,13,19H,5,10,12H2,1-4H3;2*1H. The molecule has 1 N–H and O–H groups in total. The maximum Gasteiger partial charge on any atom is 0.105 e. The maximum atomic E-state index is 4.24. The lowest BCUT2D eigenvalue weighted by molar-refractivity contribution is 0.392. The van der Waals surface area contributed by atoms with Gasteiger partial charge in [-0.3, -0.25) is 0 Å². The molecule has 0 aliphatic heterocycles. The second-order valence-corrected chi connectivity index (χ2v) is 5.94. The fourth-order valence-corrected chi connectivity index (χ4v) is 2.36. The van der Waals surface area contributed by atoms with E-state index in [9.17, 15) is 0 Å². The van der Waals surface area contributed by atoms with E-state index in [2.05, 4.69) is 59.9 Å². The van der Waals surface area contributed by atoms with Gasteiger partial charge in [0.15, 0.2) is 0 Å². The summed E-state index contributed by atoms with van der Waals surface area (Å²) in [4.78, 5) is 4.24. The number of aromatic nitrogens is 2. The van der Waals surface area contributed by atoms with Gasteiger partial charge in [-0.2, -0.15) is 0 Å². The number of benzene rings is 1. The molecule has 0 aliphatic carbocycles. The number of hydrogen-bond donors (Lipinski definition) is 1. The fourth-order valence-electron chi connectivity index (χ4n) is 2.36. The number of halogens is 2. The van der Waals surface area contributed by atoms with Crippen LogP contribution in [0.3, 0.4) is 0 Å². The van der Waals surface area contributed by atoms with Crippen LogP contribution in [0.5, 0.6) is 0 Å². The Morgan fingerprint density at radius 3 is 2.27 bits per heavy atom. The SMILES string of the molecule is Cc1ccc(C(C)(C)NCCCn2ccnc2C)cc1.Cl.Cl. The minimum absolute atomic E-state index is 0. The number of rotatable bonds is 6. The molecule has 0 aliphatic rings. The van der Waals surface area contributed by atoms with Crippen LogP contribution in [-0.4, -0.2) is 16.1 Å². The third kappa shape index (κ3) is 5.64. The summed E-state index contributed by atoms with van der Waals surface area (Å²) in [5, 5.41) is 3.64. The van der Waals surface area contributed by atoms with E-state index >= 15 is 0 Å². The second kappa shape index (κ2) is 9.19. The van der Waals surface area contributed by atoms with E-state index in [0.717, 1.165) is 25.3 Å². The molecule has 0 atom stereocenters. The van der Waals surface area contributed by atoms with E-state index < -0.39 is 0 Å². The maximum absolute atomic E-state index is 4.24. The first-order chi connectivity index (χ1) is 9.49. The molecule has 1 aromatic heterocycles. The van der Waals surface area contributed by atoms with Crippen molar-refractivity contribution in [2.75, 3.05) is 6.54 Å². The Morgan fingerprint density at radius 2 is 1.73 bits per heavy atom. The minimum Gasteiger partial charge on any atom is -0.335 e. The normalized spacial score (nSPS) is 10.7. The van der Waals surface area contributed by atoms with E-state index in [-0.39, 0.29) is 30.4 Å². The van der Waals surface area contributed by atoms with Gasteiger partial charge >= 0.3 is 0 Å². The summed E-state index contributed by atoms with van der Waals surface area (Å²) in [6.07, 6.45) is 5.01. The number of imidazole rings is 1. The van der Waals surface area contributed by atoms with Crippen LogP contribution in [0, 0.1) is 13.8 Å². The molecule has 0 bridgehead atoms. The first-order valence-corrected chi connectivity index (χ1v) is 7.29. The average Bonchev–Trinajstić information content (AvgIpc) is 2.81. The third-order valence-electron chi connectivity index (χ3n) is 3.84. The van der Waals surface area contributed by atoms with Gasteiger partial charge in [0.2, 0.25) is 0 Å². The zero-order valence-electron chi connectivity index (χ0n) is 13.8. The quantitative estimate of drug-likeness (QED) is 0.794. The molecule has 1 heterocycles. The highest BCUT2D eigenvalue weighted by Gasteiger charge is 2.18. The molecule has 0 unspecified atom stereocenters. The second-order valence-electron chi connectivity index (χ2n) is 5.94. The first-order valence-electron chi connectivity index (χ1n) is 7.29. The van der Waals surface area contributed by atoms with Gasteiger partial charge < -0.3 is 9.88 Å². The Hall–Kier alpha value is -1.03. The molecule has 0 fully saturated rings. The van der Waals surface area contributed by atoms with Crippen molar-refractivity contribution in [3.63, 3.8) is 0 Å². The summed E-state index contributed by atoms with van der Waals surface area (Å²) in [7, 11) is 0. The van der Waals surface area contributed by atoms with Crippen molar-refractivity contribution in [1.82, 2.24) is 14.9 Å². The van der Waals surface area contributed by atoms with Crippen LogP contribution < -0.4 is 5.32 Å². The van der Waals surface area contributed by atoms with Gasteiger partial charge in [0.1, 0.15) is 5.82 Å². The molecule has 3 nitrogen and oxygen atoms in total. The molecule has 5 heteroatoms. The van der Waals surface area contributed by atoms with Gasteiger partial charge in [-0.1, -0.05) is 29.8 Å². The molecule has 0 radical (unpaired) electrons. The van der Waals surface area contributed by atoms with Gasteiger partial charge in [-0.15, -0.1) is 24.8 Å². The minimum atomic E-state index is 0. The Kier molecular flexibility index (Phi) is 8.76. The van der Waals surface area contributed by atoms with Crippen LogP contribution in [-0.2, 0) is 12.1 Å². The number of aryl methyl sites for hydroxylation is 3. The predicted molar refractivity (Wildman–Crippen MR) is 98.3 cm³/mol. The molecule has 0 saturated heterocycles. The van der Waals surface area contributed by atoms with Gasteiger partial charge in [0, 0.05) is 24.5 Å². The lowest BCUT2D eigenvalue weighted by atomic mass is 9.93. The lowest BCUT2D eigenvalue weighted by Crippen LogP contribution is -2.37. The summed E-state index contributed by atoms with van der Waals surface area (Å²) in [6.45, 7) is 10.7. The number of hydrogen-bond acceptors (Lipinski definition) is 2. The Bertz CT molecular complexity index is 547. The van der Waals surface area contributed by atoms with Crippen LogP contribution in [0.2, 0.25) is 0 Å². The highest BCUT2D eigenvalue weighted by Crippen LogP contribution is 2.20. The van der Waals surface area contributed by atoms with Crippen LogP contribution in [0.25, 0.3) is 0 Å². The first kappa shape index (κ1) is 21.0. The molecule has 1 aromatic carbocycles. The van der Waals surface area contributed by atoms with E-state index in [1.165, 1.54) is 11.1 Å². The summed E-state index contributed by atoms with van der Waals surface area (Å²) in [5.74, 6) is 1.09. The van der Waals surface area contributed by atoms with E-state index in [4.69, 9.17) is 0 Å². The van der Waals surface area contributed by atoms with Crippen molar-refractivity contribution < 1.29 is 0 Å². The van der Waals surface area contributed by atoms with Gasteiger partial charge in [0.05, 0.1) is 0 Å². The average molecular weight is 344 g/mol. The highest BCUT2D eigenvalue weighted by atomic mass is 35.5. The fraction of sp³-hybridized carbons (Fsp3) is 0.471. The highest BCUT2D eigenvalue weighted by molar-refractivity contribution is 5.85. The summed E-state index contributed by atoms with van der Waals surface area (Å²) >= 11 is 0.